The minimum absolute atomic E-state index is 0.0800. The maximum atomic E-state index is 13.0. The van der Waals surface area contributed by atoms with E-state index in [0.29, 0.717) is 11.4 Å². The number of rotatable bonds is 2. The molecule has 1 aromatic heterocycles. The van der Waals surface area contributed by atoms with Crippen molar-refractivity contribution in [3.63, 3.8) is 0 Å². The number of alkyl halides is 3. The molecule has 0 saturated carbocycles. The third-order valence-electron chi connectivity index (χ3n) is 3.08. The fourth-order valence-corrected chi connectivity index (χ4v) is 2.12. The van der Waals surface area contributed by atoms with Crippen LogP contribution < -0.4 is 16.2 Å². The molecule has 1 aliphatic rings. The Kier molecular flexibility index (Phi) is 3.38. The summed E-state index contributed by atoms with van der Waals surface area (Å²) in [5.74, 6) is 0.463. The highest BCUT2D eigenvalue weighted by Crippen LogP contribution is 2.28. The molecule has 1 aromatic carbocycles. The fraction of sp³-hybridized carbons (Fsp3) is 0.0769. The first-order valence-corrected chi connectivity index (χ1v) is 6.21. The first kappa shape index (κ1) is 13.6. The number of hydrogen-bond donors (Lipinski definition) is 2. The van der Waals surface area contributed by atoms with Gasteiger partial charge in [0.15, 0.2) is 0 Å². The summed E-state index contributed by atoms with van der Waals surface area (Å²) >= 11 is 0. The molecule has 0 atom stereocenters. The third kappa shape index (κ3) is 2.75. The summed E-state index contributed by atoms with van der Waals surface area (Å²) in [5, 5.41) is 2.75. The van der Waals surface area contributed by atoms with Gasteiger partial charge >= 0.3 is 13.2 Å². The molecule has 0 amide bonds. The lowest BCUT2D eigenvalue weighted by Crippen LogP contribution is -2.47. The molecular weight excluding hydrogens is 280 g/mol. The lowest BCUT2D eigenvalue weighted by molar-refractivity contribution is -0.136. The summed E-state index contributed by atoms with van der Waals surface area (Å²) in [4.78, 5) is 8.21. The molecule has 3 rings (SSSR count). The van der Waals surface area contributed by atoms with Gasteiger partial charge in [-0.25, -0.2) is 5.34 Å². The highest BCUT2D eigenvalue weighted by Gasteiger charge is 2.37. The van der Waals surface area contributed by atoms with Gasteiger partial charge in [-0.1, -0.05) is 24.3 Å². The second kappa shape index (κ2) is 5.21. The molecule has 0 bridgehead atoms. The van der Waals surface area contributed by atoms with Crippen LogP contribution in [0, 0.1) is 0 Å². The topological polar surface area (TPSA) is 49.3 Å². The number of hydrogen-bond acceptors (Lipinski definition) is 4. The molecule has 1 aliphatic heterocycles. The summed E-state index contributed by atoms with van der Waals surface area (Å²) in [5.41, 5.74) is 2.88. The SMILES string of the molecule is FC(F)(F)c1ccccc1B1N=C(c2cccnc2)NN1. The Labute approximate surface area is 119 Å². The molecule has 0 unspecified atom stereocenters. The van der Waals surface area contributed by atoms with Crippen LogP contribution in [0.25, 0.3) is 0 Å². The Morgan fingerprint density at radius 2 is 1.86 bits per heavy atom. The van der Waals surface area contributed by atoms with Crippen LogP contribution in [0.3, 0.4) is 0 Å². The van der Waals surface area contributed by atoms with E-state index in [1.54, 1.807) is 30.6 Å². The molecule has 2 aromatic rings. The molecule has 0 radical (unpaired) electrons. The monoisotopic (exact) mass is 290 g/mol. The zero-order valence-electron chi connectivity index (χ0n) is 10.7. The van der Waals surface area contributed by atoms with Crippen molar-refractivity contribution in [3.8, 4) is 0 Å². The molecule has 0 spiro atoms. The van der Waals surface area contributed by atoms with Gasteiger partial charge in [0.05, 0.1) is 5.56 Å². The van der Waals surface area contributed by atoms with Crippen LogP contribution in [-0.4, -0.2) is 17.8 Å². The van der Waals surface area contributed by atoms with Crippen LogP contribution in [-0.2, 0) is 6.18 Å². The zero-order chi connectivity index (χ0) is 14.9. The van der Waals surface area contributed by atoms with Crippen LogP contribution in [0.2, 0.25) is 0 Å². The van der Waals surface area contributed by atoms with Crippen LogP contribution in [0.15, 0.2) is 53.7 Å². The van der Waals surface area contributed by atoms with Gasteiger partial charge < -0.3 is 5.43 Å². The van der Waals surface area contributed by atoms with E-state index < -0.39 is 18.7 Å². The summed E-state index contributed by atoms with van der Waals surface area (Å²) in [6, 6.07) is 8.89. The van der Waals surface area contributed by atoms with Crippen molar-refractivity contribution < 1.29 is 13.2 Å². The normalized spacial score (nSPS) is 14.8. The average Bonchev–Trinajstić information content (AvgIpc) is 2.97. The van der Waals surface area contributed by atoms with Crippen molar-refractivity contribution in [2.75, 3.05) is 0 Å². The average molecular weight is 290 g/mol. The standard InChI is InChI=1S/C13H10BF3N4/c15-13(16,17)10-5-1-2-6-11(10)14-19-12(20-21-14)9-4-3-7-18-8-9/h1-8,21H,(H,19,20). The summed E-state index contributed by atoms with van der Waals surface area (Å²) in [6.45, 7) is -0.793. The smallest absolute Gasteiger partial charge is 0.315 e. The molecule has 0 saturated heterocycles. The van der Waals surface area contributed by atoms with Gasteiger partial charge in [-0.3, -0.25) is 9.89 Å². The third-order valence-corrected chi connectivity index (χ3v) is 3.08. The van der Waals surface area contributed by atoms with Gasteiger partial charge in [-0.2, -0.15) is 13.2 Å². The number of aromatic nitrogens is 1. The predicted octanol–water partition coefficient (Wildman–Crippen LogP) is 1.35. The number of pyridine rings is 1. The number of benzene rings is 1. The molecule has 2 N–H and O–H groups in total. The Morgan fingerprint density at radius 1 is 1.05 bits per heavy atom. The van der Waals surface area contributed by atoms with E-state index in [0.717, 1.165) is 6.07 Å². The second-order valence-electron chi connectivity index (χ2n) is 4.48. The number of halogens is 3. The summed E-state index contributed by atoms with van der Waals surface area (Å²) < 4.78 is 39.0. The second-order valence-corrected chi connectivity index (χ2v) is 4.48. The van der Waals surface area contributed by atoms with E-state index in [4.69, 9.17) is 0 Å². The predicted molar refractivity (Wildman–Crippen MR) is 73.9 cm³/mol. The maximum absolute atomic E-state index is 13.0. The van der Waals surface area contributed by atoms with Gasteiger partial charge in [-0.05, 0) is 17.6 Å². The lowest BCUT2D eigenvalue weighted by Gasteiger charge is -2.13. The first-order valence-electron chi connectivity index (χ1n) is 6.21. The van der Waals surface area contributed by atoms with Gasteiger partial charge in [0.25, 0.3) is 0 Å². The van der Waals surface area contributed by atoms with Crippen LogP contribution >= 0.6 is 0 Å². The van der Waals surface area contributed by atoms with E-state index in [1.807, 2.05) is 0 Å². The Bertz CT molecular complexity index is 673. The number of nitrogens with one attached hydrogen (secondary N) is 2. The molecule has 106 valence electrons. The van der Waals surface area contributed by atoms with E-state index in [1.165, 1.54) is 12.1 Å². The fourth-order valence-electron chi connectivity index (χ4n) is 2.12. The van der Waals surface area contributed by atoms with Crippen molar-refractivity contribution in [1.29, 1.82) is 0 Å². The Balaban J connectivity index is 1.95. The van der Waals surface area contributed by atoms with Crippen molar-refractivity contribution in [2.24, 2.45) is 4.90 Å². The van der Waals surface area contributed by atoms with Crippen LogP contribution in [0.1, 0.15) is 11.1 Å². The zero-order valence-corrected chi connectivity index (χ0v) is 10.7. The Hall–Kier alpha value is -2.35. The number of nitrogens with zero attached hydrogens (tertiary/aromatic N) is 2. The summed E-state index contributed by atoms with van der Waals surface area (Å²) in [6.07, 6.45) is -1.21. The highest BCUT2D eigenvalue weighted by molar-refractivity contribution is 6.72. The molecule has 0 aliphatic carbocycles. The maximum Gasteiger partial charge on any atom is 0.416 e. The molecule has 21 heavy (non-hydrogen) atoms. The lowest BCUT2D eigenvalue weighted by atomic mass is 9.68. The largest absolute Gasteiger partial charge is 0.416 e. The molecular formula is C13H10BF3N4. The quantitative estimate of drug-likeness (QED) is 0.821. The van der Waals surface area contributed by atoms with Crippen molar-refractivity contribution in [2.45, 2.75) is 6.18 Å². The van der Waals surface area contributed by atoms with E-state index in [9.17, 15) is 13.2 Å². The summed E-state index contributed by atoms with van der Waals surface area (Å²) in [7, 11) is 0. The van der Waals surface area contributed by atoms with Gasteiger partial charge in [0.2, 0.25) is 0 Å². The molecule has 0 fully saturated rings. The van der Waals surface area contributed by atoms with Gasteiger partial charge in [0.1, 0.15) is 5.84 Å². The van der Waals surface area contributed by atoms with E-state index in [2.05, 4.69) is 20.6 Å². The number of hydrazine groups is 1. The first-order chi connectivity index (χ1) is 10.1. The van der Waals surface area contributed by atoms with Gasteiger partial charge in [0, 0.05) is 18.0 Å². The van der Waals surface area contributed by atoms with Gasteiger partial charge in [-0.15, -0.1) is 0 Å². The van der Waals surface area contributed by atoms with Crippen molar-refractivity contribution >= 4 is 18.3 Å². The van der Waals surface area contributed by atoms with Crippen molar-refractivity contribution in [3.05, 3.63) is 59.9 Å². The van der Waals surface area contributed by atoms with Crippen LogP contribution in [0.5, 0.6) is 0 Å². The van der Waals surface area contributed by atoms with E-state index in [-0.39, 0.29) is 5.46 Å². The highest BCUT2D eigenvalue weighted by atomic mass is 19.4. The minimum atomic E-state index is -4.41. The Morgan fingerprint density at radius 3 is 2.57 bits per heavy atom. The van der Waals surface area contributed by atoms with Crippen LogP contribution in [0.4, 0.5) is 13.2 Å². The molecule has 8 heteroatoms. The minimum Gasteiger partial charge on any atom is -0.315 e. The molecule has 4 nitrogen and oxygen atoms in total. The number of amidine groups is 1. The van der Waals surface area contributed by atoms with E-state index >= 15 is 0 Å². The van der Waals surface area contributed by atoms with Crippen molar-refractivity contribution in [1.82, 2.24) is 15.7 Å². The molecule has 2 heterocycles.